The maximum Gasteiger partial charge on any atom is 0.307 e. The van der Waals surface area contributed by atoms with E-state index in [0.29, 0.717) is 11.3 Å². The lowest BCUT2D eigenvalue weighted by atomic mass is 10.2. The van der Waals surface area contributed by atoms with Gasteiger partial charge in [0.05, 0.1) is 12.6 Å². The molecule has 1 atom stereocenters. The molecule has 1 N–H and O–H groups in total. The molecule has 0 radical (unpaired) electrons. The van der Waals surface area contributed by atoms with E-state index in [0.717, 1.165) is 18.2 Å². The number of esters is 1. The van der Waals surface area contributed by atoms with Crippen molar-refractivity contribution in [1.82, 2.24) is 4.98 Å². The number of anilines is 1. The van der Waals surface area contributed by atoms with Gasteiger partial charge < -0.3 is 14.5 Å². The molecule has 6 nitrogen and oxygen atoms in total. The molecule has 9 heteroatoms. The molecule has 3 rings (SSSR count). The van der Waals surface area contributed by atoms with Gasteiger partial charge in [-0.2, -0.15) is 0 Å². The van der Waals surface area contributed by atoms with Crippen LogP contribution in [-0.4, -0.2) is 23.0 Å². The molecule has 0 saturated carbocycles. The number of hydrogen-bond donors (Lipinski definition) is 1. The summed E-state index contributed by atoms with van der Waals surface area (Å²) in [4.78, 5) is 28.0. The molecule has 0 aliphatic rings. The monoisotopic (exact) mass is 418 g/mol. The smallest absolute Gasteiger partial charge is 0.307 e. The second-order valence-corrected chi connectivity index (χ2v) is 6.34. The SMILES string of the molecule is CC(OC(=O)CCc1ncc(-c2ccc(F)cc2)o1)C(=O)Nc1c(F)cccc1F. The fourth-order valence-corrected chi connectivity index (χ4v) is 2.53. The van der Waals surface area contributed by atoms with E-state index in [4.69, 9.17) is 9.15 Å². The summed E-state index contributed by atoms with van der Waals surface area (Å²) in [7, 11) is 0. The number of halogens is 3. The number of nitrogens with zero attached hydrogens (tertiary/aromatic N) is 1. The van der Waals surface area contributed by atoms with Gasteiger partial charge >= 0.3 is 5.97 Å². The van der Waals surface area contributed by atoms with Crippen molar-refractivity contribution in [3.63, 3.8) is 0 Å². The summed E-state index contributed by atoms with van der Waals surface area (Å²) in [5.41, 5.74) is 0.0157. The Hall–Kier alpha value is -3.62. The highest BCUT2D eigenvalue weighted by Gasteiger charge is 2.21. The minimum Gasteiger partial charge on any atom is -0.453 e. The first kappa shape index (κ1) is 21.1. The van der Waals surface area contributed by atoms with Crippen LogP contribution in [0.1, 0.15) is 19.2 Å². The van der Waals surface area contributed by atoms with Crippen LogP contribution in [0.25, 0.3) is 11.3 Å². The normalized spacial score (nSPS) is 11.7. The van der Waals surface area contributed by atoms with E-state index < -0.39 is 35.3 Å². The Balaban J connectivity index is 1.50. The van der Waals surface area contributed by atoms with Gasteiger partial charge in [-0.15, -0.1) is 0 Å². The lowest BCUT2D eigenvalue weighted by Crippen LogP contribution is -2.30. The Morgan fingerprint density at radius 1 is 1.10 bits per heavy atom. The molecular formula is C21H17F3N2O4. The molecule has 156 valence electrons. The Labute approximate surface area is 169 Å². The van der Waals surface area contributed by atoms with Gasteiger partial charge in [0.25, 0.3) is 5.91 Å². The molecule has 0 bridgehead atoms. The zero-order valence-corrected chi connectivity index (χ0v) is 15.8. The largest absolute Gasteiger partial charge is 0.453 e. The Morgan fingerprint density at radius 3 is 2.43 bits per heavy atom. The number of para-hydroxylation sites is 1. The fourth-order valence-electron chi connectivity index (χ4n) is 2.53. The molecule has 1 heterocycles. The van der Waals surface area contributed by atoms with Crippen molar-refractivity contribution in [2.75, 3.05) is 5.32 Å². The number of oxazole rings is 1. The minimum absolute atomic E-state index is 0.107. The summed E-state index contributed by atoms with van der Waals surface area (Å²) >= 11 is 0. The molecule has 0 aliphatic carbocycles. The average molecular weight is 418 g/mol. The van der Waals surface area contributed by atoms with E-state index in [-0.39, 0.29) is 24.5 Å². The predicted molar refractivity (Wildman–Crippen MR) is 101 cm³/mol. The van der Waals surface area contributed by atoms with Crippen molar-refractivity contribution in [3.05, 3.63) is 72.0 Å². The van der Waals surface area contributed by atoms with Gasteiger partial charge in [-0.05, 0) is 43.3 Å². The third kappa shape index (κ3) is 5.25. The molecule has 0 spiro atoms. The molecule has 2 aromatic carbocycles. The van der Waals surface area contributed by atoms with Crippen LogP contribution >= 0.6 is 0 Å². The zero-order chi connectivity index (χ0) is 21.7. The van der Waals surface area contributed by atoms with Crippen molar-refractivity contribution < 1.29 is 31.9 Å². The van der Waals surface area contributed by atoms with E-state index in [1.54, 1.807) is 0 Å². The number of carbonyl (C=O) groups is 2. The van der Waals surface area contributed by atoms with Gasteiger partial charge in [0, 0.05) is 12.0 Å². The van der Waals surface area contributed by atoms with Crippen LogP contribution in [-0.2, 0) is 20.7 Å². The van der Waals surface area contributed by atoms with Crippen LogP contribution in [0.3, 0.4) is 0 Å². The number of amides is 1. The minimum atomic E-state index is -1.27. The second-order valence-electron chi connectivity index (χ2n) is 6.34. The summed E-state index contributed by atoms with van der Waals surface area (Å²) in [6, 6.07) is 8.79. The molecule has 0 saturated heterocycles. The standard InChI is InChI=1S/C21H17F3N2O4/c1-12(21(28)26-20-15(23)3-2-4-16(20)24)29-19(27)10-9-18-25-11-17(30-18)13-5-7-14(22)8-6-13/h2-8,11-12H,9-10H2,1H3,(H,26,28). The fraction of sp³-hybridized carbons (Fsp3) is 0.190. The molecule has 0 aliphatic heterocycles. The Morgan fingerprint density at radius 2 is 1.77 bits per heavy atom. The van der Waals surface area contributed by atoms with Crippen molar-refractivity contribution in [1.29, 1.82) is 0 Å². The quantitative estimate of drug-likeness (QED) is 0.580. The Bertz CT molecular complexity index is 1030. The van der Waals surface area contributed by atoms with E-state index in [2.05, 4.69) is 10.3 Å². The zero-order valence-electron chi connectivity index (χ0n) is 15.8. The highest BCUT2D eigenvalue weighted by atomic mass is 19.1. The average Bonchev–Trinajstić information content (AvgIpc) is 3.18. The maximum absolute atomic E-state index is 13.6. The van der Waals surface area contributed by atoms with Gasteiger partial charge in [-0.1, -0.05) is 6.07 Å². The number of carbonyl (C=O) groups excluding carboxylic acids is 2. The first-order valence-electron chi connectivity index (χ1n) is 8.98. The number of rotatable bonds is 7. The number of aryl methyl sites for hydroxylation is 1. The summed E-state index contributed by atoms with van der Waals surface area (Å²) < 4.78 is 50.7. The molecule has 1 amide bonds. The lowest BCUT2D eigenvalue weighted by molar-refractivity contribution is -0.153. The molecule has 30 heavy (non-hydrogen) atoms. The first-order chi connectivity index (χ1) is 14.3. The highest BCUT2D eigenvalue weighted by molar-refractivity contribution is 5.95. The van der Waals surface area contributed by atoms with Crippen molar-refractivity contribution in [2.24, 2.45) is 0 Å². The van der Waals surface area contributed by atoms with Crippen molar-refractivity contribution >= 4 is 17.6 Å². The number of nitrogens with one attached hydrogen (secondary N) is 1. The number of benzene rings is 2. The summed E-state index contributed by atoms with van der Waals surface area (Å²) in [5, 5.41) is 2.06. The third-order valence-corrected chi connectivity index (χ3v) is 4.11. The third-order valence-electron chi connectivity index (χ3n) is 4.11. The summed E-state index contributed by atoms with van der Waals surface area (Å²) in [6.07, 6.45) is 0.161. The van der Waals surface area contributed by atoms with Crippen molar-refractivity contribution in [2.45, 2.75) is 25.9 Å². The topological polar surface area (TPSA) is 81.4 Å². The molecule has 1 aromatic heterocycles. The molecular weight excluding hydrogens is 401 g/mol. The van der Waals surface area contributed by atoms with Crippen LogP contribution in [0.2, 0.25) is 0 Å². The number of ether oxygens (including phenoxy) is 1. The predicted octanol–water partition coefficient (Wildman–Crippen LogP) is 4.26. The second kappa shape index (κ2) is 9.25. The Kier molecular flexibility index (Phi) is 6.51. The maximum atomic E-state index is 13.6. The van der Waals surface area contributed by atoms with Gasteiger partial charge in [-0.3, -0.25) is 9.59 Å². The van der Waals surface area contributed by atoms with Gasteiger partial charge in [0.15, 0.2) is 17.8 Å². The molecule has 1 unspecified atom stereocenters. The van der Waals surface area contributed by atoms with E-state index in [1.165, 1.54) is 37.4 Å². The van der Waals surface area contributed by atoms with Gasteiger partial charge in [-0.25, -0.2) is 18.2 Å². The summed E-state index contributed by atoms with van der Waals surface area (Å²) in [5.74, 6) is -3.17. The molecule has 0 fully saturated rings. The van der Waals surface area contributed by atoms with Crippen molar-refractivity contribution in [3.8, 4) is 11.3 Å². The van der Waals surface area contributed by atoms with E-state index >= 15 is 0 Å². The van der Waals surface area contributed by atoms with E-state index in [9.17, 15) is 22.8 Å². The molecule has 3 aromatic rings. The van der Waals surface area contributed by atoms with Crippen LogP contribution in [0.15, 0.2) is 53.1 Å². The van der Waals surface area contributed by atoms with Crippen LogP contribution in [0, 0.1) is 17.5 Å². The van der Waals surface area contributed by atoms with Crippen LogP contribution in [0.4, 0.5) is 18.9 Å². The van der Waals surface area contributed by atoms with Gasteiger partial charge in [0.2, 0.25) is 0 Å². The highest BCUT2D eigenvalue weighted by Crippen LogP contribution is 2.21. The first-order valence-corrected chi connectivity index (χ1v) is 8.98. The van der Waals surface area contributed by atoms with Gasteiger partial charge in [0.1, 0.15) is 23.1 Å². The lowest BCUT2D eigenvalue weighted by Gasteiger charge is -2.14. The summed E-state index contributed by atoms with van der Waals surface area (Å²) in [6.45, 7) is 1.28. The van der Waals surface area contributed by atoms with Crippen LogP contribution < -0.4 is 5.32 Å². The van der Waals surface area contributed by atoms with E-state index in [1.807, 2.05) is 0 Å². The number of aromatic nitrogens is 1. The number of hydrogen-bond acceptors (Lipinski definition) is 5. The van der Waals surface area contributed by atoms with Crippen LogP contribution in [0.5, 0.6) is 0 Å².